The molecule has 0 unspecified atom stereocenters. The zero-order valence-electron chi connectivity index (χ0n) is 8.13. The van der Waals surface area contributed by atoms with Crippen molar-refractivity contribution in [3.8, 4) is 11.3 Å². The summed E-state index contributed by atoms with van der Waals surface area (Å²) >= 11 is 0. The van der Waals surface area contributed by atoms with Crippen molar-refractivity contribution >= 4 is 0 Å². The summed E-state index contributed by atoms with van der Waals surface area (Å²) < 4.78 is 13.4. The van der Waals surface area contributed by atoms with Crippen LogP contribution >= 0.6 is 0 Å². The third kappa shape index (κ3) is 1.53. The molecule has 0 amide bonds. The first-order chi connectivity index (χ1) is 6.66. The number of nitrogens with one attached hydrogen (secondary N) is 1. The molecule has 2 aromatic rings. The smallest absolute Gasteiger partial charge is 0.132 e. The molecule has 0 atom stereocenters. The molecule has 0 fully saturated rings. The SMILES string of the molecule is Cc1ccc(F)c(-c2cc(C)[nH]n2)c1. The van der Waals surface area contributed by atoms with Gasteiger partial charge in [0.1, 0.15) is 5.82 Å². The number of hydrogen-bond donors (Lipinski definition) is 1. The van der Waals surface area contributed by atoms with Crippen LogP contribution in [0.2, 0.25) is 0 Å². The molecule has 0 saturated heterocycles. The summed E-state index contributed by atoms with van der Waals surface area (Å²) in [7, 11) is 0. The van der Waals surface area contributed by atoms with Gasteiger partial charge in [-0.15, -0.1) is 0 Å². The fourth-order valence-electron chi connectivity index (χ4n) is 1.39. The van der Waals surface area contributed by atoms with E-state index in [-0.39, 0.29) is 5.82 Å². The second-order valence-corrected chi connectivity index (χ2v) is 3.42. The minimum atomic E-state index is -0.234. The molecule has 1 aromatic heterocycles. The lowest BCUT2D eigenvalue weighted by atomic mass is 10.1. The van der Waals surface area contributed by atoms with E-state index in [1.54, 1.807) is 12.1 Å². The third-order valence-electron chi connectivity index (χ3n) is 2.10. The number of aromatic amines is 1. The van der Waals surface area contributed by atoms with E-state index in [1.807, 2.05) is 19.9 Å². The summed E-state index contributed by atoms with van der Waals surface area (Å²) in [5, 5.41) is 6.82. The summed E-state index contributed by atoms with van der Waals surface area (Å²) in [5.74, 6) is -0.234. The average molecular weight is 190 g/mol. The van der Waals surface area contributed by atoms with Crippen LogP contribution < -0.4 is 0 Å². The minimum Gasteiger partial charge on any atom is -0.282 e. The Morgan fingerprint density at radius 3 is 2.64 bits per heavy atom. The van der Waals surface area contributed by atoms with Gasteiger partial charge < -0.3 is 0 Å². The molecule has 2 nitrogen and oxygen atoms in total. The Hall–Kier alpha value is -1.64. The number of nitrogens with zero attached hydrogens (tertiary/aromatic N) is 1. The lowest BCUT2D eigenvalue weighted by molar-refractivity contribution is 0.630. The monoisotopic (exact) mass is 190 g/mol. The number of hydrogen-bond acceptors (Lipinski definition) is 1. The van der Waals surface area contributed by atoms with Crippen LogP contribution in [0.5, 0.6) is 0 Å². The van der Waals surface area contributed by atoms with Crippen LogP contribution in [-0.2, 0) is 0 Å². The van der Waals surface area contributed by atoms with Crippen LogP contribution in [0.15, 0.2) is 24.3 Å². The highest BCUT2D eigenvalue weighted by Crippen LogP contribution is 2.22. The van der Waals surface area contributed by atoms with Crippen molar-refractivity contribution in [2.45, 2.75) is 13.8 Å². The molecule has 72 valence electrons. The summed E-state index contributed by atoms with van der Waals surface area (Å²) in [6, 6.07) is 6.84. The molecular weight excluding hydrogens is 179 g/mol. The fourth-order valence-corrected chi connectivity index (χ4v) is 1.39. The Labute approximate surface area is 81.8 Å². The van der Waals surface area contributed by atoms with Crippen LogP contribution in [0, 0.1) is 19.7 Å². The molecule has 0 aliphatic heterocycles. The van der Waals surface area contributed by atoms with Gasteiger partial charge >= 0.3 is 0 Å². The standard InChI is InChI=1S/C11H11FN2/c1-7-3-4-10(12)9(5-7)11-6-8(2)13-14-11/h3-6H,1-2H3,(H,13,14). The Kier molecular flexibility index (Phi) is 2.08. The zero-order valence-corrected chi connectivity index (χ0v) is 8.13. The van der Waals surface area contributed by atoms with Gasteiger partial charge in [0.25, 0.3) is 0 Å². The number of rotatable bonds is 1. The van der Waals surface area contributed by atoms with Crippen molar-refractivity contribution in [2.75, 3.05) is 0 Å². The van der Waals surface area contributed by atoms with Gasteiger partial charge in [0.2, 0.25) is 0 Å². The van der Waals surface area contributed by atoms with E-state index in [9.17, 15) is 4.39 Å². The highest BCUT2D eigenvalue weighted by molar-refractivity contribution is 5.60. The van der Waals surface area contributed by atoms with Crippen LogP contribution in [0.25, 0.3) is 11.3 Å². The Bertz CT molecular complexity index is 460. The summed E-state index contributed by atoms with van der Waals surface area (Å²) in [6.45, 7) is 3.83. The zero-order chi connectivity index (χ0) is 10.1. The van der Waals surface area contributed by atoms with Gasteiger partial charge in [0, 0.05) is 11.3 Å². The normalized spacial score (nSPS) is 10.5. The molecular formula is C11H11FN2. The molecule has 3 heteroatoms. The maximum atomic E-state index is 13.4. The first-order valence-electron chi connectivity index (χ1n) is 4.45. The summed E-state index contributed by atoms with van der Waals surface area (Å²) in [6.07, 6.45) is 0. The van der Waals surface area contributed by atoms with Crippen molar-refractivity contribution in [1.82, 2.24) is 10.2 Å². The predicted octanol–water partition coefficient (Wildman–Crippen LogP) is 2.83. The molecule has 1 heterocycles. The maximum Gasteiger partial charge on any atom is 0.132 e. The molecule has 0 saturated carbocycles. The number of benzene rings is 1. The van der Waals surface area contributed by atoms with Gasteiger partial charge in [-0.2, -0.15) is 5.10 Å². The summed E-state index contributed by atoms with van der Waals surface area (Å²) in [5.41, 5.74) is 3.17. The van der Waals surface area contributed by atoms with Gasteiger partial charge in [-0.1, -0.05) is 11.6 Å². The number of H-pyrrole nitrogens is 1. The fraction of sp³-hybridized carbons (Fsp3) is 0.182. The second kappa shape index (κ2) is 3.25. The topological polar surface area (TPSA) is 28.7 Å². The van der Waals surface area contributed by atoms with Crippen molar-refractivity contribution in [2.24, 2.45) is 0 Å². The van der Waals surface area contributed by atoms with Crippen molar-refractivity contribution in [3.63, 3.8) is 0 Å². The van der Waals surface area contributed by atoms with E-state index in [1.165, 1.54) is 6.07 Å². The molecule has 1 aromatic carbocycles. The molecule has 14 heavy (non-hydrogen) atoms. The molecule has 0 aliphatic carbocycles. The maximum absolute atomic E-state index is 13.4. The van der Waals surface area contributed by atoms with E-state index in [4.69, 9.17) is 0 Å². The first kappa shape index (κ1) is 8.94. The van der Waals surface area contributed by atoms with Gasteiger partial charge in [-0.05, 0) is 32.0 Å². The Morgan fingerprint density at radius 2 is 2.00 bits per heavy atom. The van der Waals surface area contributed by atoms with E-state index in [0.29, 0.717) is 11.3 Å². The van der Waals surface area contributed by atoms with Gasteiger partial charge in [0.15, 0.2) is 0 Å². The van der Waals surface area contributed by atoms with Crippen molar-refractivity contribution < 1.29 is 4.39 Å². The van der Waals surface area contributed by atoms with E-state index >= 15 is 0 Å². The number of halogens is 1. The molecule has 0 bridgehead atoms. The van der Waals surface area contributed by atoms with Crippen LogP contribution in [0.1, 0.15) is 11.3 Å². The highest BCUT2D eigenvalue weighted by atomic mass is 19.1. The van der Waals surface area contributed by atoms with Crippen molar-refractivity contribution in [1.29, 1.82) is 0 Å². The van der Waals surface area contributed by atoms with E-state index in [2.05, 4.69) is 10.2 Å². The molecule has 0 radical (unpaired) electrons. The largest absolute Gasteiger partial charge is 0.282 e. The van der Waals surface area contributed by atoms with Crippen LogP contribution in [0.3, 0.4) is 0 Å². The lowest BCUT2D eigenvalue weighted by Gasteiger charge is -1.99. The Morgan fingerprint density at radius 1 is 1.21 bits per heavy atom. The second-order valence-electron chi connectivity index (χ2n) is 3.42. The molecule has 0 aliphatic rings. The predicted molar refractivity (Wildman–Crippen MR) is 53.5 cm³/mol. The van der Waals surface area contributed by atoms with E-state index < -0.39 is 0 Å². The Balaban J connectivity index is 2.55. The van der Waals surface area contributed by atoms with E-state index in [0.717, 1.165) is 11.3 Å². The lowest BCUT2D eigenvalue weighted by Crippen LogP contribution is -1.85. The van der Waals surface area contributed by atoms with Crippen LogP contribution in [0.4, 0.5) is 4.39 Å². The number of aryl methyl sites for hydroxylation is 2. The third-order valence-corrected chi connectivity index (χ3v) is 2.10. The van der Waals surface area contributed by atoms with Gasteiger partial charge in [-0.25, -0.2) is 4.39 Å². The molecule has 2 rings (SSSR count). The number of aromatic nitrogens is 2. The van der Waals surface area contributed by atoms with Crippen LogP contribution in [-0.4, -0.2) is 10.2 Å². The van der Waals surface area contributed by atoms with Gasteiger partial charge in [0.05, 0.1) is 5.69 Å². The minimum absolute atomic E-state index is 0.234. The van der Waals surface area contributed by atoms with Crippen molar-refractivity contribution in [3.05, 3.63) is 41.3 Å². The first-order valence-corrected chi connectivity index (χ1v) is 4.45. The average Bonchev–Trinajstić information content (AvgIpc) is 2.56. The quantitative estimate of drug-likeness (QED) is 0.736. The molecule has 0 spiro atoms. The summed E-state index contributed by atoms with van der Waals surface area (Å²) in [4.78, 5) is 0. The van der Waals surface area contributed by atoms with Gasteiger partial charge in [-0.3, -0.25) is 5.10 Å². The highest BCUT2D eigenvalue weighted by Gasteiger charge is 2.07. The molecule has 1 N–H and O–H groups in total.